The van der Waals surface area contributed by atoms with Crippen molar-refractivity contribution in [3.63, 3.8) is 0 Å². The number of hydrogen-bond acceptors (Lipinski definition) is 9. The molecule has 0 radical (unpaired) electrons. The highest BCUT2D eigenvalue weighted by Crippen LogP contribution is 2.24. The van der Waals surface area contributed by atoms with Crippen LogP contribution in [0.1, 0.15) is 59.8 Å². The topological polar surface area (TPSA) is 223 Å². The number of carboxylic acid groups (broad SMARTS) is 3. The Balaban J connectivity index is 0.000000761. The fraction of sp³-hybridized carbons (Fsp3) is 0.682. The van der Waals surface area contributed by atoms with Crippen molar-refractivity contribution < 1.29 is 53.9 Å². The number of amides is 1. The molecule has 13 nitrogen and oxygen atoms in total. The third-order valence-corrected chi connectivity index (χ3v) is 5.09. The standard InChI is InChI=1S/C16H28N2O4.C6H8O7/c1-5-12(6-2)22-14-9-11(16(20)21-7-3)8-13(17)15(14)18-10(4)19;7-3(8)1-6(13,5(11)12)2-4(9)10/h9,12-15H,5-8,17H2,1-4H3,(H,18,19);13H,1-2H2,(H,7,8)(H,9,10)(H,11,12)/t13-,14+,15+;/m0./s1. The fourth-order valence-electron chi connectivity index (χ4n) is 3.33. The number of hydrogen-bond donors (Lipinski definition) is 6. The molecule has 0 aliphatic heterocycles. The predicted octanol–water partition coefficient (Wildman–Crippen LogP) is 0.0369. The Morgan fingerprint density at radius 2 is 1.60 bits per heavy atom. The quantitative estimate of drug-likeness (QED) is 0.194. The molecule has 0 unspecified atom stereocenters. The molecule has 1 aliphatic carbocycles. The molecular weight excluding hydrogens is 468 g/mol. The van der Waals surface area contributed by atoms with Gasteiger partial charge in [0.15, 0.2) is 5.60 Å². The third-order valence-electron chi connectivity index (χ3n) is 5.09. The molecule has 0 aromatic carbocycles. The second kappa shape index (κ2) is 15.1. The summed E-state index contributed by atoms with van der Waals surface area (Å²) in [5, 5.41) is 36.7. The first-order valence-corrected chi connectivity index (χ1v) is 11.2. The lowest BCUT2D eigenvalue weighted by atomic mass is 9.88. The number of carboxylic acids is 3. The van der Waals surface area contributed by atoms with Gasteiger partial charge < -0.3 is 41.0 Å². The third kappa shape index (κ3) is 11.3. The van der Waals surface area contributed by atoms with Gasteiger partial charge in [-0.25, -0.2) is 9.59 Å². The summed E-state index contributed by atoms with van der Waals surface area (Å²) < 4.78 is 11.1. The van der Waals surface area contributed by atoms with E-state index in [0.29, 0.717) is 18.6 Å². The molecule has 0 fully saturated rings. The maximum absolute atomic E-state index is 12.0. The van der Waals surface area contributed by atoms with Gasteiger partial charge in [0.1, 0.15) is 0 Å². The molecule has 1 amide bonds. The van der Waals surface area contributed by atoms with Gasteiger partial charge in [0.25, 0.3) is 0 Å². The molecule has 200 valence electrons. The summed E-state index contributed by atoms with van der Waals surface area (Å²) in [6.07, 6.45) is 1.19. The van der Waals surface area contributed by atoms with Crippen LogP contribution in [0.15, 0.2) is 11.6 Å². The molecule has 3 atom stereocenters. The van der Waals surface area contributed by atoms with Crippen LogP contribution in [-0.4, -0.2) is 86.7 Å². The molecule has 0 heterocycles. The minimum atomic E-state index is -2.74. The van der Waals surface area contributed by atoms with Crippen LogP contribution in [-0.2, 0) is 33.4 Å². The maximum Gasteiger partial charge on any atom is 0.336 e. The Morgan fingerprint density at radius 3 is 1.97 bits per heavy atom. The molecule has 35 heavy (non-hydrogen) atoms. The van der Waals surface area contributed by atoms with Crippen LogP contribution in [0.4, 0.5) is 0 Å². The first-order chi connectivity index (χ1) is 16.2. The lowest BCUT2D eigenvalue weighted by Gasteiger charge is -2.36. The van der Waals surface area contributed by atoms with Gasteiger partial charge in [0, 0.05) is 18.5 Å². The Bertz CT molecular complexity index is 776. The second-order valence-electron chi connectivity index (χ2n) is 8.02. The number of ether oxygens (including phenoxy) is 2. The van der Waals surface area contributed by atoms with Gasteiger partial charge in [0.2, 0.25) is 5.91 Å². The van der Waals surface area contributed by atoms with Crippen molar-refractivity contribution in [3.05, 3.63) is 11.6 Å². The molecule has 7 N–H and O–H groups in total. The first-order valence-electron chi connectivity index (χ1n) is 11.2. The number of esters is 1. The summed E-state index contributed by atoms with van der Waals surface area (Å²) in [4.78, 5) is 53.9. The Hall–Kier alpha value is -3.03. The zero-order valence-corrected chi connectivity index (χ0v) is 20.4. The predicted molar refractivity (Wildman–Crippen MR) is 121 cm³/mol. The van der Waals surface area contributed by atoms with Crippen LogP contribution in [0.3, 0.4) is 0 Å². The van der Waals surface area contributed by atoms with Crippen LogP contribution in [0.2, 0.25) is 0 Å². The number of carbonyl (C=O) groups excluding carboxylic acids is 2. The molecule has 1 aliphatic rings. The van der Waals surface area contributed by atoms with E-state index in [1.165, 1.54) is 6.92 Å². The van der Waals surface area contributed by atoms with Gasteiger partial charge in [-0.05, 0) is 32.3 Å². The zero-order chi connectivity index (χ0) is 27.3. The molecule has 1 rings (SSSR count). The van der Waals surface area contributed by atoms with Crippen molar-refractivity contribution >= 4 is 29.8 Å². The summed E-state index contributed by atoms with van der Waals surface area (Å²) in [6.45, 7) is 7.62. The van der Waals surface area contributed by atoms with Gasteiger partial charge in [-0.3, -0.25) is 14.4 Å². The fourth-order valence-corrected chi connectivity index (χ4v) is 3.33. The van der Waals surface area contributed by atoms with E-state index >= 15 is 0 Å². The molecule has 0 bridgehead atoms. The number of nitrogens with one attached hydrogen (secondary N) is 1. The van der Waals surface area contributed by atoms with Gasteiger partial charge in [-0.15, -0.1) is 0 Å². The summed E-state index contributed by atoms with van der Waals surface area (Å²) in [5.74, 6) is -5.54. The Kier molecular flexibility index (Phi) is 13.8. The monoisotopic (exact) mass is 504 g/mol. The van der Waals surface area contributed by atoms with E-state index in [0.717, 1.165) is 12.8 Å². The van der Waals surface area contributed by atoms with Crippen LogP contribution >= 0.6 is 0 Å². The van der Waals surface area contributed by atoms with Crippen molar-refractivity contribution in [1.29, 1.82) is 0 Å². The van der Waals surface area contributed by atoms with Crippen LogP contribution < -0.4 is 11.1 Å². The maximum atomic E-state index is 12.0. The minimum Gasteiger partial charge on any atom is -0.481 e. The smallest absolute Gasteiger partial charge is 0.336 e. The normalized spacial score (nSPS) is 19.6. The van der Waals surface area contributed by atoms with Crippen molar-refractivity contribution in [2.45, 2.75) is 89.7 Å². The largest absolute Gasteiger partial charge is 0.481 e. The summed E-state index contributed by atoms with van der Waals surface area (Å²) in [5.41, 5.74) is 3.94. The Morgan fingerprint density at radius 1 is 1.09 bits per heavy atom. The second-order valence-corrected chi connectivity index (χ2v) is 8.02. The molecular formula is C22H36N2O11. The number of aliphatic hydroxyl groups is 1. The van der Waals surface area contributed by atoms with E-state index in [1.807, 2.05) is 13.8 Å². The van der Waals surface area contributed by atoms with E-state index in [9.17, 15) is 24.0 Å². The van der Waals surface area contributed by atoms with Crippen LogP contribution in [0.25, 0.3) is 0 Å². The molecule has 13 heteroatoms. The number of nitrogens with two attached hydrogens (primary N) is 1. The number of aliphatic carboxylic acids is 3. The first kappa shape index (κ1) is 32.0. The van der Waals surface area contributed by atoms with Crippen LogP contribution in [0.5, 0.6) is 0 Å². The van der Waals surface area contributed by atoms with E-state index in [4.69, 9.17) is 35.6 Å². The highest BCUT2D eigenvalue weighted by atomic mass is 16.5. The minimum absolute atomic E-state index is 0.0613. The number of rotatable bonds is 12. The summed E-state index contributed by atoms with van der Waals surface area (Å²) in [7, 11) is 0. The van der Waals surface area contributed by atoms with E-state index < -0.39 is 42.5 Å². The van der Waals surface area contributed by atoms with Crippen molar-refractivity contribution in [1.82, 2.24) is 5.32 Å². The lowest BCUT2D eigenvalue weighted by molar-refractivity contribution is -0.170. The lowest BCUT2D eigenvalue weighted by Crippen LogP contribution is -2.57. The van der Waals surface area contributed by atoms with E-state index in [1.54, 1.807) is 13.0 Å². The van der Waals surface area contributed by atoms with Gasteiger partial charge >= 0.3 is 23.9 Å². The average Bonchev–Trinajstić information content (AvgIpc) is 2.73. The highest BCUT2D eigenvalue weighted by molar-refractivity contribution is 5.89. The molecule has 0 spiro atoms. The van der Waals surface area contributed by atoms with Crippen molar-refractivity contribution in [2.24, 2.45) is 5.73 Å². The van der Waals surface area contributed by atoms with Gasteiger partial charge in [-0.2, -0.15) is 0 Å². The molecule has 0 saturated heterocycles. The SMILES string of the molecule is CCOC(=O)C1=C[C@@H](OC(CC)CC)[C@H](NC(C)=O)[C@@H](N)C1.O=C(O)CC(O)(CC(=O)O)C(=O)O. The van der Waals surface area contributed by atoms with Crippen LogP contribution in [0, 0.1) is 0 Å². The average molecular weight is 505 g/mol. The van der Waals surface area contributed by atoms with Crippen molar-refractivity contribution in [3.8, 4) is 0 Å². The van der Waals surface area contributed by atoms with Gasteiger partial charge in [0.05, 0.1) is 37.7 Å². The summed E-state index contributed by atoms with van der Waals surface area (Å²) in [6, 6.07) is -0.719. The highest BCUT2D eigenvalue weighted by Gasteiger charge is 2.41. The molecule has 0 aromatic heterocycles. The zero-order valence-electron chi connectivity index (χ0n) is 20.4. The van der Waals surface area contributed by atoms with E-state index in [2.05, 4.69) is 5.32 Å². The molecule has 0 saturated carbocycles. The Labute approximate surface area is 203 Å². The summed E-state index contributed by atoms with van der Waals surface area (Å²) >= 11 is 0. The van der Waals surface area contributed by atoms with Gasteiger partial charge in [-0.1, -0.05) is 13.8 Å². The number of carbonyl (C=O) groups is 5. The molecule has 0 aromatic rings. The van der Waals surface area contributed by atoms with Crippen molar-refractivity contribution in [2.75, 3.05) is 6.61 Å². The van der Waals surface area contributed by atoms with E-state index in [-0.39, 0.29) is 30.1 Å².